The Bertz CT molecular complexity index is 427. The van der Waals surface area contributed by atoms with E-state index in [1.54, 1.807) is 11.9 Å². The van der Waals surface area contributed by atoms with Gasteiger partial charge in [0.1, 0.15) is 5.84 Å². The number of hydrogen-bond donors (Lipinski definition) is 2. The van der Waals surface area contributed by atoms with Crippen LogP contribution in [0.25, 0.3) is 0 Å². The van der Waals surface area contributed by atoms with E-state index in [-0.39, 0.29) is 22.7 Å². The standard InChI is InChI=1S/C10H14ClFN4O/c1-6(3-9(13)15-17)16(2)10-8(12)4-7(11)5-14-10/h4-6,17H,3H2,1-2H3,(H2,13,15). The molecule has 0 amide bonds. The summed E-state index contributed by atoms with van der Waals surface area (Å²) in [5.74, 6) is -0.252. The molecule has 0 bridgehead atoms. The van der Waals surface area contributed by atoms with Crippen molar-refractivity contribution >= 4 is 23.3 Å². The van der Waals surface area contributed by atoms with E-state index in [1.165, 1.54) is 12.3 Å². The quantitative estimate of drug-likeness (QED) is 0.375. The number of anilines is 1. The summed E-state index contributed by atoms with van der Waals surface area (Å²) >= 11 is 5.61. The minimum Gasteiger partial charge on any atom is -0.409 e. The van der Waals surface area contributed by atoms with Crippen molar-refractivity contribution in [2.75, 3.05) is 11.9 Å². The van der Waals surface area contributed by atoms with Crippen LogP contribution in [0.15, 0.2) is 17.4 Å². The number of amidine groups is 1. The van der Waals surface area contributed by atoms with Gasteiger partial charge >= 0.3 is 0 Å². The Balaban J connectivity index is 2.85. The molecular weight excluding hydrogens is 247 g/mol. The van der Waals surface area contributed by atoms with E-state index < -0.39 is 5.82 Å². The van der Waals surface area contributed by atoms with E-state index in [0.29, 0.717) is 6.42 Å². The third kappa shape index (κ3) is 3.45. The van der Waals surface area contributed by atoms with Gasteiger partial charge in [0.15, 0.2) is 11.6 Å². The molecular formula is C10H14ClFN4O. The van der Waals surface area contributed by atoms with Gasteiger partial charge < -0.3 is 15.8 Å². The lowest BCUT2D eigenvalue weighted by molar-refractivity contribution is 0.316. The molecule has 0 radical (unpaired) electrons. The fourth-order valence-electron chi connectivity index (χ4n) is 1.36. The molecule has 0 aliphatic carbocycles. The summed E-state index contributed by atoms with van der Waals surface area (Å²) in [7, 11) is 1.68. The molecule has 0 aromatic carbocycles. The zero-order valence-electron chi connectivity index (χ0n) is 9.56. The molecule has 0 aliphatic rings. The number of halogens is 2. The minimum absolute atomic E-state index is 0.0821. The Labute approximate surface area is 104 Å². The molecule has 0 saturated carbocycles. The third-order valence-corrected chi connectivity index (χ3v) is 2.62. The summed E-state index contributed by atoms with van der Waals surface area (Å²) in [4.78, 5) is 5.51. The van der Waals surface area contributed by atoms with Crippen molar-refractivity contribution in [1.29, 1.82) is 0 Å². The molecule has 0 aliphatic heterocycles. The van der Waals surface area contributed by atoms with Crippen LogP contribution < -0.4 is 10.6 Å². The Kier molecular flexibility index (Phi) is 4.51. The van der Waals surface area contributed by atoms with Crippen LogP contribution in [0.5, 0.6) is 0 Å². The second-order valence-electron chi connectivity index (χ2n) is 3.71. The Morgan fingerprint density at radius 2 is 2.41 bits per heavy atom. The van der Waals surface area contributed by atoms with E-state index in [4.69, 9.17) is 22.5 Å². The summed E-state index contributed by atoms with van der Waals surface area (Å²) in [6.45, 7) is 1.81. The van der Waals surface area contributed by atoms with Gasteiger partial charge in [-0.15, -0.1) is 0 Å². The Morgan fingerprint density at radius 1 is 1.76 bits per heavy atom. The molecule has 17 heavy (non-hydrogen) atoms. The molecule has 1 unspecified atom stereocenters. The number of nitrogens with two attached hydrogens (primary N) is 1. The highest BCUT2D eigenvalue weighted by Gasteiger charge is 2.16. The summed E-state index contributed by atoms with van der Waals surface area (Å²) in [6, 6.07) is 1.03. The van der Waals surface area contributed by atoms with Gasteiger partial charge in [-0.2, -0.15) is 0 Å². The van der Waals surface area contributed by atoms with Crippen LogP contribution in [0, 0.1) is 5.82 Å². The zero-order valence-corrected chi connectivity index (χ0v) is 10.3. The SMILES string of the molecule is CC(CC(N)=NO)N(C)c1ncc(Cl)cc1F. The van der Waals surface area contributed by atoms with Crippen LogP contribution in [-0.4, -0.2) is 29.1 Å². The molecule has 1 heterocycles. The van der Waals surface area contributed by atoms with E-state index in [9.17, 15) is 4.39 Å². The number of aromatic nitrogens is 1. The molecule has 0 fully saturated rings. The first kappa shape index (κ1) is 13.5. The van der Waals surface area contributed by atoms with Crippen molar-refractivity contribution in [3.05, 3.63) is 23.1 Å². The second kappa shape index (κ2) is 5.67. The fraction of sp³-hybridized carbons (Fsp3) is 0.400. The molecule has 1 aromatic rings. The summed E-state index contributed by atoms with van der Waals surface area (Å²) in [5, 5.41) is 11.6. The van der Waals surface area contributed by atoms with E-state index in [1.807, 2.05) is 6.92 Å². The van der Waals surface area contributed by atoms with Gasteiger partial charge in [-0.1, -0.05) is 16.8 Å². The minimum atomic E-state index is -0.508. The molecule has 1 rings (SSSR count). The van der Waals surface area contributed by atoms with Crippen LogP contribution in [-0.2, 0) is 0 Å². The highest BCUT2D eigenvalue weighted by atomic mass is 35.5. The molecule has 1 atom stereocenters. The molecule has 94 valence electrons. The lowest BCUT2D eigenvalue weighted by Crippen LogP contribution is -2.34. The predicted octanol–water partition coefficient (Wildman–Crippen LogP) is 1.84. The maximum atomic E-state index is 13.6. The molecule has 5 nitrogen and oxygen atoms in total. The van der Waals surface area contributed by atoms with E-state index in [2.05, 4.69) is 10.1 Å². The van der Waals surface area contributed by atoms with Crippen molar-refractivity contribution in [2.45, 2.75) is 19.4 Å². The molecule has 0 saturated heterocycles. The van der Waals surface area contributed by atoms with Crippen LogP contribution in [0.2, 0.25) is 5.02 Å². The summed E-state index contributed by atoms with van der Waals surface area (Å²) < 4.78 is 13.6. The average Bonchev–Trinajstić information content (AvgIpc) is 2.28. The normalized spacial score (nSPS) is 13.5. The van der Waals surface area contributed by atoms with Gasteiger partial charge in [0, 0.05) is 25.7 Å². The number of pyridine rings is 1. The van der Waals surface area contributed by atoms with Gasteiger partial charge in [0.25, 0.3) is 0 Å². The van der Waals surface area contributed by atoms with Crippen molar-refractivity contribution in [3.8, 4) is 0 Å². The fourth-order valence-corrected chi connectivity index (χ4v) is 1.50. The van der Waals surface area contributed by atoms with E-state index in [0.717, 1.165) is 0 Å². The van der Waals surface area contributed by atoms with Crippen LogP contribution in [0.3, 0.4) is 0 Å². The van der Waals surface area contributed by atoms with E-state index >= 15 is 0 Å². The van der Waals surface area contributed by atoms with Gasteiger partial charge in [-0.3, -0.25) is 0 Å². The lowest BCUT2D eigenvalue weighted by atomic mass is 10.2. The van der Waals surface area contributed by atoms with Crippen molar-refractivity contribution in [1.82, 2.24) is 4.98 Å². The maximum Gasteiger partial charge on any atom is 0.167 e. The first-order chi connectivity index (χ1) is 7.95. The van der Waals surface area contributed by atoms with Crippen LogP contribution in [0.1, 0.15) is 13.3 Å². The molecule has 3 N–H and O–H groups in total. The topological polar surface area (TPSA) is 74.7 Å². The smallest absolute Gasteiger partial charge is 0.167 e. The highest BCUT2D eigenvalue weighted by molar-refractivity contribution is 6.30. The number of rotatable bonds is 4. The number of nitrogens with zero attached hydrogens (tertiary/aromatic N) is 3. The predicted molar refractivity (Wildman–Crippen MR) is 65.1 cm³/mol. The number of oxime groups is 1. The Hall–Kier alpha value is -1.56. The van der Waals surface area contributed by atoms with Gasteiger partial charge in [0.2, 0.25) is 0 Å². The highest BCUT2D eigenvalue weighted by Crippen LogP contribution is 2.20. The lowest BCUT2D eigenvalue weighted by Gasteiger charge is -2.25. The van der Waals surface area contributed by atoms with Crippen molar-refractivity contribution in [2.24, 2.45) is 10.9 Å². The molecule has 1 aromatic heterocycles. The first-order valence-corrected chi connectivity index (χ1v) is 5.33. The van der Waals surface area contributed by atoms with Gasteiger partial charge in [-0.25, -0.2) is 9.37 Å². The zero-order chi connectivity index (χ0) is 13.0. The first-order valence-electron chi connectivity index (χ1n) is 4.96. The second-order valence-corrected chi connectivity index (χ2v) is 4.15. The van der Waals surface area contributed by atoms with Crippen molar-refractivity contribution in [3.63, 3.8) is 0 Å². The molecule has 7 heteroatoms. The average molecular weight is 261 g/mol. The third-order valence-electron chi connectivity index (χ3n) is 2.42. The van der Waals surface area contributed by atoms with Gasteiger partial charge in [-0.05, 0) is 13.0 Å². The molecule has 0 spiro atoms. The summed E-state index contributed by atoms with van der Waals surface area (Å²) in [6.07, 6.45) is 1.67. The van der Waals surface area contributed by atoms with Gasteiger partial charge in [0.05, 0.1) is 5.02 Å². The number of hydrogen-bond acceptors (Lipinski definition) is 4. The van der Waals surface area contributed by atoms with Crippen LogP contribution in [0.4, 0.5) is 10.2 Å². The summed E-state index contributed by atoms with van der Waals surface area (Å²) in [5.41, 5.74) is 5.39. The van der Waals surface area contributed by atoms with Crippen LogP contribution >= 0.6 is 11.6 Å². The van der Waals surface area contributed by atoms with Crippen molar-refractivity contribution < 1.29 is 9.60 Å². The maximum absolute atomic E-state index is 13.6. The Morgan fingerprint density at radius 3 is 2.94 bits per heavy atom. The largest absolute Gasteiger partial charge is 0.409 e. The monoisotopic (exact) mass is 260 g/mol.